The summed E-state index contributed by atoms with van der Waals surface area (Å²) >= 11 is 0. The van der Waals surface area contributed by atoms with Gasteiger partial charge in [-0.15, -0.1) is 0 Å². The maximum atomic E-state index is 10.4. The van der Waals surface area contributed by atoms with Gasteiger partial charge in [-0.3, -0.25) is 0 Å². The zero-order valence-electron chi connectivity index (χ0n) is 6.40. The summed E-state index contributed by atoms with van der Waals surface area (Å²) in [5.74, 6) is 0. The van der Waals surface area contributed by atoms with E-state index in [1.54, 1.807) is 13.0 Å². The number of ether oxygens (including phenoxy) is 2. The third kappa shape index (κ3) is 4.97. The average molecular weight is 155 g/mol. The topological polar surface area (TPSA) is 59.3 Å². The number of methoxy groups -OCH3 is 1. The Hall–Kier alpha value is -1.50. The highest BCUT2D eigenvalue weighted by atomic mass is 16.7. The Bertz CT molecular complexity index is 192. The number of allylic oxidation sites excluding steroid dienone is 1. The number of hydrogen-bond acceptors (Lipinski definition) is 4. The molecule has 0 fully saturated rings. The largest absolute Gasteiger partial charge is 0.508 e. The predicted molar refractivity (Wildman–Crippen MR) is 37.7 cm³/mol. The van der Waals surface area contributed by atoms with Crippen LogP contribution in [0.2, 0.25) is 0 Å². The van der Waals surface area contributed by atoms with Crippen molar-refractivity contribution in [3.05, 3.63) is 12.2 Å². The molecule has 60 valence electrons. The van der Waals surface area contributed by atoms with Crippen molar-refractivity contribution in [3.8, 4) is 6.07 Å². The maximum absolute atomic E-state index is 10.4. The molecule has 0 unspecified atom stereocenters. The summed E-state index contributed by atoms with van der Waals surface area (Å²) in [6, 6.07) is 1.78. The van der Waals surface area contributed by atoms with Crippen molar-refractivity contribution in [2.45, 2.75) is 13.0 Å². The van der Waals surface area contributed by atoms with Crippen LogP contribution in [0.25, 0.3) is 0 Å². The van der Waals surface area contributed by atoms with E-state index in [4.69, 9.17) is 5.26 Å². The lowest BCUT2D eigenvalue weighted by molar-refractivity contribution is 0.0579. The fourth-order valence-corrected chi connectivity index (χ4v) is 0.418. The van der Waals surface area contributed by atoms with Crippen molar-refractivity contribution in [1.82, 2.24) is 0 Å². The monoisotopic (exact) mass is 155 g/mol. The summed E-state index contributed by atoms with van der Waals surface area (Å²) in [5.41, 5.74) is 0. The van der Waals surface area contributed by atoms with E-state index < -0.39 is 12.3 Å². The van der Waals surface area contributed by atoms with Crippen LogP contribution < -0.4 is 0 Å². The minimum atomic E-state index is -0.750. The van der Waals surface area contributed by atoms with E-state index in [1.165, 1.54) is 19.3 Å². The van der Waals surface area contributed by atoms with E-state index in [0.717, 1.165) is 0 Å². The highest BCUT2D eigenvalue weighted by molar-refractivity contribution is 5.59. The number of carbonyl (C=O) groups is 1. The first-order chi connectivity index (χ1) is 5.20. The van der Waals surface area contributed by atoms with Crippen LogP contribution in [-0.4, -0.2) is 19.4 Å². The minimum absolute atomic E-state index is 0.429. The molecule has 0 aliphatic rings. The number of nitrogens with zero attached hydrogens (tertiary/aromatic N) is 1. The number of rotatable bonds is 2. The molecule has 1 atom stereocenters. The van der Waals surface area contributed by atoms with Crippen molar-refractivity contribution in [3.63, 3.8) is 0 Å². The molecular weight excluding hydrogens is 146 g/mol. The van der Waals surface area contributed by atoms with Crippen LogP contribution in [0.15, 0.2) is 12.2 Å². The van der Waals surface area contributed by atoms with E-state index >= 15 is 0 Å². The van der Waals surface area contributed by atoms with Gasteiger partial charge in [-0.25, -0.2) is 4.79 Å². The SMILES string of the molecule is COC(=O)O[C@H](C)/C=C/C#N. The first-order valence-corrected chi connectivity index (χ1v) is 3.01. The average Bonchev–Trinajstić information content (AvgIpc) is 2.00. The Morgan fingerprint density at radius 2 is 2.36 bits per heavy atom. The van der Waals surface area contributed by atoms with E-state index in [2.05, 4.69) is 9.47 Å². The number of carbonyl (C=O) groups excluding carboxylic acids is 1. The van der Waals surface area contributed by atoms with Crippen LogP contribution in [0.5, 0.6) is 0 Å². The van der Waals surface area contributed by atoms with Gasteiger partial charge in [0.1, 0.15) is 6.10 Å². The van der Waals surface area contributed by atoms with Crippen LogP contribution in [0.1, 0.15) is 6.92 Å². The molecule has 0 amide bonds. The smallest absolute Gasteiger partial charge is 0.438 e. The highest BCUT2D eigenvalue weighted by Gasteiger charge is 2.04. The Balaban J connectivity index is 3.70. The summed E-state index contributed by atoms with van der Waals surface area (Å²) in [6.07, 6.45) is 1.52. The molecule has 0 bridgehead atoms. The van der Waals surface area contributed by atoms with Crippen molar-refractivity contribution >= 4 is 6.16 Å². The summed E-state index contributed by atoms with van der Waals surface area (Å²) in [7, 11) is 1.23. The molecule has 0 saturated heterocycles. The molecule has 0 radical (unpaired) electrons. The first kappa shape index (κ1) is 9.50. The molecular formula is C7H9NO3. The van der Waals surface area contributed by atoms with Crippen molar-refractivity contribution < 1.29 is 14.3 Å². The third-order valence-corrected chi connectivity index (χ3v) is 0.891. The molecule has 0 aromatic rings. The van der Waals surface area contributed by atoms with Crippen molar-refractivity contribution in [2.75, 3.05) is 7.11 Å². The van der Waals surface area contributed by atoms with E-state index in [0.29, 0.717) is 0 Å². The molecule has 11 heavy (non-hydrogen) atoms. The fourth-order valence-electron chi connectivity index (χ4n) is 0.418. The summed E-state index contributed by atoms with van der Waals surface area (Å²) in [4.78, 5) is 10.4. The van der Waals surface area contributed by atoms with Crippen LogP contribution >= 0.6 is 0 Å². The second-order valence-electron chi connectivity index (χ2n) is 1.77. The van der Waals surface area contributed by atoms with Gasteiger partial charge in [0.25, 0.3) is 0 Å². The molecule has 4 heteroatoms. The second kappa shape index (κ2) is 5.30. The summed E-state index contributed by atoms with van der Waals surface area (Å²) in [6.45, 7) is 1.63. The number of hydrogen-bond donors (Lipinski definition) is 0. The second-order valence-corrected chi connectivity index (χ2v) is 1.77. The standard InChI is InChI=1S/C7H9NO3/c1-6(4-3-5-8)11-7(9)10-2/h3-4,6H,1-2H3/b4-3+/t6-/m1/s1. The van der Waals surface area contributed by atoms with Gasteiger partial charge in [0, 0.05) is 6.08 Å². The van der Waals surface area contributed by atoms with Crippen molar-refractivity contribution in [1.29, 1.82) is 5.26 Å². The molecule has 0 aliphatic carbocycles. The molecule has 0 aromatic carbocycles. The lowest BCUT2D eigenvalue weighted by atomic mass is 10.4. The third-order valence-electron chi connectivity index (χ3n) is 0.891. The Labute approximate surface area is 65.0 Å². The normalized spacial score (nSPS) is 12.1. The van der Waals surface area contributed by atoms with Gasteiger partial charge in [-0.05, 0) is 13.0 Å². The summed E-state index contributed by atoms with van der Waals surface area (Å²) < 4.78 is 8.83. The van der Waals surface area contributed by atoms with E-state index in [9.17, 15) is 4.79 Å². The molecule has 0 spiro atoms. The lowest BCUT2D eigenvalue weighted by Crippen LogP contribution is -2.11. The maximum Gasteiger partial charge on any atom is 0.508 e. The first-order valence-electron chi connectivity index (χ1n) is 3.01. The Morgan fingerprint density at radius 3 is 2.82 bits per heavy atom. The van der Waals surface area contributed by atoms with E-state index in [-0.39, 0.29) is 0 Å². The zero-order chi connectivity index (χ0) is 8.69. The number of nitriles is 1. The van der Waals surface area contributed by atoms with Gasteiger partial charge >= 0.3 is 6.16 Å². The Kier molecular flexibility index (Phi) is 4.58. The molecule has 0 aromatic heterocycles. The Morgan fingerprint density at radius 1 is 1.73 bits per heavy atom. The van der Waals surface area contributed by atoms with E-state index in [1.807, 2.05) is 0 Å². The molecule has 0 N–H and O–H groups in total. The summed E-state index contributed by atoms with van der Waals surface area (Å²) in [5, 5.41) is 8.10. The molecule has 0 saturated carbocycles. The molecule has 4 nitrogen and oxygen atoms in total. The molecule has 0 rings (SSSR count). The predicted octanol–water partition coefficient (Wildman–Crippen LogP) is 1.24. The van der Waals surface area contributed by atoms with Crippen LogP contribution in [-0.2, 0) is 9.47 Å². The van der Waals surface area contributed by atoms with Gasteiger partial charge in [-0.1, -0.05) is 0 Å². The fraction of sp³-hybridized carbons (Fsp3) is 0.429. The zero-order valence-corrected chi connectivity index (χ0v) is 6.40. The van der Waals surface area contributed by atoms with Gasteiger partial charge in [0.2, 0.25) is 0 Å². The molecule has 0 heterocycles. The van der Waals surface area contributed by atoms with Gasteiger partial charge in [-0.2, -0.15) is 5.26 Å². The van der Waals surface area contributed by atoms with Crippen LogP contribution in [0, 0.1) is 11.3 Å². The van der Waals surface area contributed by atoms with Gasteiger partial charge in [0.15, 0.2) is 0 Å². The van der Waals surface area contributed by atoms with Gasteiger partial charge in [0.05, 0.1) is 13.2 Å². The van der Waals surface area contributed by atoms with Gasteiger partial charge < -0.3 is 9.47 Å². The highest BCUT2D eigenvalue weighted by Crippen LogP contribution is 1.94. The van der Waals surface area contributed by atoms with Crippen LogP contribution in [0.3, 0.4) is 0 Å². The molecule has 0 aliphatic heterocycles. The quantitative estimate of drug-likeness (QED) is 0.444. The van der Waals surface area contributed by atoms with Crippen LogP contribution in [0.4, 0.5) is 4.79 Å². The van der Waals surface area contributed by atoms with Crippen molar-refractivity contribution in [2.24, 2.45) is 0 Å². The lowest BCUT2D eigenvalue weighted by Gasteiger charge is -2.05. The minimum Gasteiger partial charge on any atom is -0.438 e.